The molecule has 8 nitrogen and oxygen atoms in total. The van der Waals surface area contributed by atoms with Gasteiger partial charge in [0.15, 0.2) is 5.54 Å². The van der Waals surface area contributed by atoms with Gasteiger partial charge in [-0.05, 0) is 26.2 Å². The van der Waals surface area contributed by atoms with Crippen molar-refractivity contribution in [3.63, 3.8) is 0 Å². The van der Waals surface area contributed by atoms with Crippen LogP contribution in [-0.2, 0) is 29.7 Å². The highest BCUT2D eigenvalue weighted by atomic mass is 16.5. The van der Waals surface area contributed by atoms with Crippen LogP contribution in [0.3, 0.4) is 0 Å². The van der Waals surface area contributed by atoms with Crippen molar-refractivity contribution in [2.45, 2.75) is 44.7 Å². The van der Waals surface area contributed by atoms with Gasteiger partial charge in [-0.25, -0.2) is 4.79 Å². The molecule has 1 N–H and O–H groups in total. The van der Waals surface area contributed by atoms with Gasteiger partial charge >= 0.3 is 6.03 Å². The van der Waals surface area contributed by atoms with E-state index in [4.69, 9.17) is 4.52 Å². The maximum Gasteiger partial charge on any atom is 0.325 e. The monoisotopic (exact) mass is 327 g/mol. The Bertz CT molecular complexity index is 803. The molecular weight excluding hydrogens is 310 g/mol. The fraction of sp³-hybridized carbons (Fsp3) is 0.438. The summed E-state index contributed by atoms with van der Waals surface area (Å²) in [6.07, 6.45) is 8.39. The van der Waals surface area contributed by atoms with Gasteiger partial charge in [-0.2, -0.15) is 0 Å². The lowest BCUT2D eigenvalue weighted by atomic mass is 9.96. The highest BCUT2D eigenvalue weighted by molar-refractivity contribution is 6.06. The summed E-state index contributed by atoms with van der Waals surface area (Å²) in [5.41, 5.74) is 0.898. The second kappa shape index (κ2) is 5.40. The van der Waals surface area contributed by atoms with E-state index in [2.05, 4.69) is 20.4 Å². The number of aromatic nitrogens is 3. The molecule has 0 spiro atoms. The first-order chi connectivity index (χ1) is 11.6. The molecule has 3 amide bonds. The molecule has 1 unspecified atom stereocenters. The summed E-state index contributed by atoms with van der Waals surface area (Å²) in [5.74, 6) is 0.514. The Kier molecular flexibility index (Phi) is 3.33. The number of amides is 3. The standard InChI is InChI=1S/C16H17N5O3/c1-16(13-8-17-6-7-18-13)14(22)21(15(23)19-16)9-11-10-4-2-3-5-12(10)24-20-11/h6-8H,2-5,9H2,1H3,(H,19,23). The summed E-state index contributed by atoms with van der Waals surface area (Å²) in [6, 6.07) is -0.458. The molecule has 2 aromatic rings. The summed E-state index contributed by atoms with van der Waals surface area (Å²) < 4.78 is 5.36. The lowest BCUT2D eigenvalue weighted by molar-refractivity contribution is -0.131. The molecule has 0 radical (unpaired) electrons. The first-order valence-corrected chi connectivity index (χ1v) is 7.96. The molecule has 1 saturated heterocycles. The van der Waals surface area contributed by atoms with E-state index in [1.54, 1.807) is 6.92 Å². The second-order valence-electron chi connectivity index (χ2n) is 6.28. The van der Waals surface area contributed by atoms with Crippen LogP contribution in [0, 0.1) is 0 Å². The van der Waals surface area contributed by atoms with E-state index in [0.717, 1.165) is 37.0 Å². The van der Waals surface area contributed by atoms with Gasteiger partial charge in [0.1, 0.15) is 11.5 Å². The van der Waals surface area contributed by atoms with Crippen LogP contribution in [0.25, 0.3) is 0 Å². The summed E-state index contributed by atoms with van der Waals surface area (Å²) in [4.78, 5) is 34.5. The predicted octanol–water partition coefficient (Wildman–Crippen LogP) is 1.31. The van der Waals surface area contributed by atoms with Crippen molar-refractivity contribution in [3.8, 4) is 0 Å². The Morgan fingerprint density at radius 1 is 1.29 bits per heavy atom. The lowest BCUT2D eigenvalue weighted by Crippen LogP contribution is -2.41. The van der Waals surface area contributed by atoms with Crippen molar-refractivity contribution >= 4 is 11.9 Å². The van der Waals surface area contributed by atoms with Crippen LogP contribution >= 0.6 is 0 Å². The third-order valence-electron chi connectivity index (χ3n) is 4.69. The number of rotatable bonds is 3. The number of carbonyl (C=O) groups is 2. The fourth-order valence-electron chi connectivity index (χ4n) is 3.29. The molecule has 124 valence electrons. The highest BCUT2D eigenvalue weighted by Gasteiger charge is 2.50. The summed E-state index contributed by atoms with van der Waals surface area (Å²) in [5, 5.41) is 6.79. The SMILES string of the molecule is CC1(c2cnccn2)NC(=O)N(Cc2noc3c2CCCC3)C1=O. The number of aryl methyl sites for hydroxylation is 1. The van der Waals surface area contributed by atoms with Crippen LogP contribution in [-0.4, -0.2) is 32.0 Å². The summed E-state index contributed by atoms with van der Waals surface area (Å²) in [7, 11) is 0. The quantitative estimate of drug-likeness (QED) is 0.853. The predicted molar refractivity (Wildman–Crippen MR) is 81.6 cm³/mol. The Morgan fingerprint density at radius 2 is 2.12 bits per heavy atom. The molecule has 1 aliphatic carbocycles. The molecule has 0 bridgehead atoms. The average molecular weight is 327 g/mol. The largest absolute Gasteiger partial charge is 0.361 e. The van der Waals surface area contributed by atoms with Gasteiger partial charge in [-0.3, -0.25) is 19.7 Å². The van der Waals surface area contributed by atoms with Gasteiger partial charge in [0, 0.05) is 24.4 Å². The Balaban J connectivity index is 1.62. The minimum absolute atomic E-state index is 0.110. The van der Waals surface area contributed by atoms with Gasteiger partial charge in [-0.1, -0.05) is 5.16 Å². The molecular formula is C16H17N5O3. The smallest absolute Gasteiger partial charge is 0.325 e. The van der Waals surface area contributed by atoms with E-state index in [-0.39, 0.29) is 12.5 Å². The minimum atomic E-state index is -1.21. The van der Waals surface area contributed by atoms with E-state index in [9.17, 15) is 9.59 Å². The van der Waals surface area contributed by atoms with Crippen molar-refractivity contribution in [1.82, 2.24) is 25.3 Å². The maximum atomic E-state index is 12.8. The van der Waals surface area contributed by atoms with Crippen LogP contribution < -0.4 is 5.32 Å². The molecule has 4 rings (SSSR count). The number of fused-ring (bicyclic) bond motifs is 1. The van der Waals surface area contributed by atoms with Crippen molar-refractivity contribution in [2.75, 3.05) is 0 Å². The lowest BCUT2D eigenvalue weighted by Gasteiger charge is -2.20. The van der Waals surface area contributed by atoms with E-state index in [1.807, 2.05) is 0 Å². The highest BCUT2D eigenvalue weighted by Crippen LogP contribution is 2.30. The van der Waals surface area contributed by atoms with Crippen LogP contribution in [0.15, 0.2) is 23.1 Å². The zero-order valence-corrected chi connectivity index (χ0v) is 13.3. The van der Waals surface area contributed by atoms with Crippen molar-refractivity contribution in [2.24, 2.45) is 0 Å². The number of hydrogen-bond donors (Lipinski definition) is 1. The molecule has 0 saturated carbocycles. The van der Waals surface area contributed by atoms with Crippen LogP contribution in [0.5, 0.6) is 0 Å². The minimum Gasteiger partial charge on any atom is -0.361 e. The Hall–Kier alpha value is -2.77. The maximum absolute atomic E-state index is 12.8. The van der Waals surface area contributed by atoms with Crippen molar-refractivity contribution < 1.29 is 14.1 Å². The first-order valence-electron chi connectivity index (χ1n) is 7.96. The zero-order valence-electron chi connectivity index (χ0n) is 13.3. The van der Waals surface area contributed by atoms with E-state index in [0.29, 0.717) is 11.4 Å². The summed E-state index contributed by atoms with van der Waals surface area (Å²) >= 11 is 0. The second-order valence-corrected chi connectivity index (χ2v) is 6.28. The molecule has 3 heterocycles. The van der Waals surface area contributed by atoms with E-state index in [1.165, 1.54) is 23.5 Å². The third kappa shape index (κ3) is 2.17. The molecule has 0 aromatic carbocycles. The Morgan fingerprint density at radius 3 is 2.92 bits per heavy atom. The van der Waals surface area contributed by atoms with Crippen LogP contribution in [0.1, 0.15) is 42.5 Å². The van der Waals surface area contributed by atoms with Crippen LogP contribution in [0.2, 0.25) is 0 Å². The number of hydrogen-bond acceptors (Lipinski definition) is 6. The van der Waals surface area contributed by atoms with Gasteiger partial charge in [0.2, 0.25) is 0 Å². The van der Waals surface area contributed by atoms with Crippen LogP contribution in [0.4, 0.5) is 4.79 Å². The van der Waals surface area contributed by atoms with E-state index < -0.39 is 11.6 Å². The molecule has 1 fully saturated rings. The Labute approximate surface area is 138 Å². The van der Waals surface area contributed by atoms with Crippen molar-refractivity contribution in [1.29, 1.82) is 0 Å². The van der Waals surface area contributed by atoms with Gasteiger partial charge in [0.25, 0.3) is 5.91 Å². The molecule has 1 aliphatic heterocycles. The van der Waals surface area contributed by atoms with Gasteiger partial charge in [-0.15, -0.1) is 0 Å². The third-order valence-corrected chi connectivity index (χ3v) is 4.69. The number of nitrogens with zero attached hydrogens (tertiary/aromatic N) is 4. The zero-order chi connectivity index (χ0) is 16.7. The number of carbonyl (C=O) groups excluding carboxylic acids is 2. The molecule has 2 aromatic heterocycles. The number of imide groups is 1. The number of nitrogens with one attached hydrogen (secondary N) is 1. The number of urea groups is 1. The van der Waals surface area contributed by atoms with Crippen molar-refractivity contribution in [3.05, 3.63) is 41.3 Å². The molecule has 2 aliphatic rings. The molecule has 8 heteroatoms. The van der Waals surface area contributed by atoms with E-state index >= 15 is 0 Å². The molecule has 1 atom stereocenters. The topological polar surface area (TPSA) is 101 Å². The van der Waals surface area contributed by atoms with Gasteiger partial charge in [0.05, 0.1) is 18.4 Å². The molecule has 24 heavy (non-hydrogen) atoms. The normalized spacial score (nSPS) is 23.3. The van der Waals surface area contributed by atoms with Gasteiger partial charge < -0.3 is 9.84 Å². The summed E-state index contributed by atoms with van der Waals surface area (Å²) in [6.45, 7) is 1.74. The average Bonchev–Trinajstić information content (AvgIpc) is 3.11. The first kappa shape index (κ1) is 14.8. The fourth-order valence-corrected chi connectivity index (χ4v) is 3.29.